The van der Waals surface area contributed by atoms with Crippen molar-refractivity contribution in [1.82, 2.24) is 20.3 Å². The smallest absolute Gasteiger partial charge is 0.329 e. The lowest BCUT2D eigenvalue weighted by molar-refractivity contribution is -0.228. The number of methoxy groups -OCH3 is 1. The zero-order chi connectivity index (χ0) is 28.6. The van der Waals surface area contributed by atoms with Crippen LogP contribution in [0.15, 0.2) is 6.17 Å². The maximum absolute atomic E-state index is 13.0. The highest BCUT2D eigenvalue weighted by Gasteiger charge is 2.55. The molecule has 208 valence electrons. The molecular formula is C24H38N4O9. The number of nitrogens with one attached hydrogen (secondary N) is 1. The third kappa shape index (κ3) is 7.94. The summed E-state index contributed by atoms with van der Waals surface area (Å²) in [5.41, 5.74) is -2.00. The molecule has 2 aliphatic rings. The highest BCUT2D eigenvalue weighted by Crippen LogP contribution is 2.39. The lowest BCUT2D eigenvalue weighted by atomic mass is 10.1. The van der Waals surface area contributed by atoms with Gasteiger partial charge in [0, 0.05) is 7.11 Å². The predicted octanol–water partition coefficient (Wildman–Crippen LogP) is 1.34. The molecule has 1 amide bonds. The van der Waals surface area contributed by atoms with Gasteiger partial charge in [-0.2, -0.15) is 0 Å². The summed E-state index contributed by atoms with van der Waals surface area (Å²) in [5, 5.41) is 10.2. The van der Waals surface area contributed by atoms with Gasteiger partial charge in [0.1, 0.15) is 35.6 Å². The molecule has 5 atom stereocenters. The Morgan fingerprint density at radius 3 is 2.35 bits per heavy atom. The molecule has 2 aliphatic heterocycles. The topological polar surface area (TPSA) is 149 Å². The number of amides is 1. The first kappa shape index (κ1) is 27.4. The molecule has 37 heavy (non-hydrogen) atoms. The standard InChI is InChI=1S/C24H38N4O9/c1-22(2,3)34-16(29)10-13(20(31)37-23(4,5)6)25-19(30)14-11-28(27-26-14)12-15-17-18(21(32-9)33-15)36-24(7,8)35-17/h11,13,15,17-18,21H,10,12H2,1-9H3,(H,25,30)/t13-,15+,17+,18+,21?/m0/s1/i11D. The Morgan fingerprint density at radius 1 is 1.14 bits per heavy atom. The molecule has 0 aliphatic carbocycles. The number of carbonyl (C=O) groups excluding carboxylic acids is 3. The van der Waals surface area contributed by atoms with Gasteiger partial charge in [0.15, 0.2) is 17.8 Å². The van der Waals surface area contributed by atoms with Crippen LogP contribution in [0.25, 0.3) is 0 Å². The second kappa shape index (κ2) is 10.6. The average Bonchev–Trinajstić information content (AvgIpc) is 3.36. The minimum Gasteiger partial charge on any atom is -0.460 e. The molecular weight excluding hydrogens is 488 g/mol. The minimum atomic E-state index is -1.37. The fraction of sp³-hybridized carbons (Fsp3) is 0.792. The van der Waals surface area contributed by atoms with E-state index in [2.05, 4.69) is 15.6 Å². The Hall–Kier alpha value is -2.61. The largest absolute Gasteiger partial charge is 0.460 e. The SMILES string of the molecule is [2H]c1c(C(=O)N[C@@H](CC(=O)OC(C)(C)C)C(=O)OC(C)(C)C)nnn1C[C@H]1OC(OC)[C@@H]2OC(C)(C)O[C@H]12. The van der Waals surface area contributed by atoms with Gasteiger partial charge in [-0.25, -0.2) is 9.48 Å². The van der Waals surface area contributed by atoms with E-state index in [1.807, 2.05) is 0 Å². The second-order valence-electron chi connectivity index (χ2n) is 11.4. The Morgan fingerprint density at radius 2 is 1.76 bits per heavy atom. The van der Waals surface area contributed by atoms with Gasteiger partial charge in [-0.15, -0.1) is 5.10 Å². The van der Waals surface area contributed by atoms with Crippen molar-refractivity contribution in [2.24, 2.45) is 0 Å². The number of fused-ring (bicyclic) bond motifs is 1. The summed E-state index contributed by atoms with van der Waals surface area (Å²) in [5.74, 6) is -3.24. The molecule has 0 bridgehead atoms. The van der Waals surface area contributed by atoms with Crippen molar-refractivity contribution in [3.63, 3.8) is 0 Å². The van der Waals surface area contributed by atoms with Gasteiger partial charge in [-0.1, -0.05) is 5.21 Å². The number of carbonyl (C=O) groups is 3. The zero-order valence-corrected chi connectivity index (χ0v) is 22.8. The van der Waals surface area contributed by atoms with Crippen LogP contribution in [0.4, 0.5) is 0 Å². The molecule has 1 aromatic heterocycles. The van der Waals surface area contributed by atoms with Gasteiger partial charge in [0.05, 0.1) is 20.5 Å². The third-order valence-corrected chi connectivity index (χ3v) is 5.18. The summed E-state index contributed by atoms with van der Waals surface area (Å²) in [6.45, 7) is 13.6. The van der Waals surface area contributed by atoms with Gasteiger partial charge >= 0.3 is 11.9 Å². The van der Waals surface area contributed by atoms with Crippen LogP contribution >= 0.6 is 0 Å². The van der Waals surface area contributed by atoms with E-state index < -0.39 is 71.9 Å². The molecule has 0 radical (unpaired) electrons. The summed E-state index contributed by atoms with van der Waals surface area (Å²) in [7, 11) is 1.49. The van der Waals surface area contributed by atoms with E-state index in [4.69, 9.17) is 29.8 Å². The molecule has 1 N–H and O–H groups in total. The summed E-state index contributed by atoms with van der Waals surface area (Å²) in [6.07, 6.45) is -3.00. The summed E-state index contributed by atoms with van der Waals surface area (Å²) >= 11 is 0. The fourth-order valence-corrected chi connectivity index (χ4v) is 3.94. The first-order valence-corrected chi connectivity index (χ1v) is 12.1. The van der Waals surface area contributed by atoms with Crippen molar-refractivity contribution >= 4 is 17.8 Å². The van der Waals surface area contributed by atoms with Crippen LogP contribution in [0.5, 0.6) is 0 Å². The highest BCUT2D eigenvalue weighted by molar-refractivity contribution is 5.96. The lowest BCUT2D eigenvalue weighted by Gasteiger charge is -2.25. The van der Waals surface area contributed by atoms with E-state index in [9.17, 15) is 14.4 Å². The van der Waals surface area contributed by atoms with Crippen molar-refractivity contribution in [3.8, 4) is 0 Å². The van der Waals surface area contributed by atoms with Crippen molar-refractivity contribution in [2.45, 2.75) is 116 Å². The Balaban J connectivity index is 1.74. The van der Waals surface area contributed by atoms with Crippen LogP contribution in [0.3, 0.4) is 0 Å². The van der Waals surface area contributed by atoms with Gasteiger partial charge in [0.2, 0.25) is 0 Å². The number of hydrogen-bond donors (Lipinski definition) is 1. The van der Waals surface area contributed by atoms with Crippen LogP contribution in [0.2, 0.25) is 0 Å². The lowest BCUT2D eigenvalue weighted by Crippen LogP contribution is -2.46. The quantitative estimate of drug-likeness (QED) is 0.488. The van der Waals surface area contributed by atoms with Gasteiger partial charge < -0.3 is 33.7 Å². The maximum atomic E-state index is 13.0. The highest BCUT2D eigenvalue weighted by atomic mass is 16.8. The molecule has 1 aromatic rings. The predicted molar refractivity (Wildman–Crippen MR) is 127 cm³/mol. The van der Waals surface area contributed by atoms with Gasteiger partial charge in [-0.05, 0) is 55.4 Å². The maximum Gasteiger partial charge on any atom is 0.329 e. The van der Waals surface area contributed by atoms with Crippen molar-refractivity contribution in [2.75, 3.05) is 7.11 Å². The molecule has 0 aromatic carbocycles. The van der Waals surface area contributed by atoms with Crippen molar-refractivity contribution in [3.05, 3.63) is 11.9 Å². The summed E-state index contributed by atoms with van der Waals surface area (Å²) in [6, 6.07) is -1.37. The first-order chi connectivity index (χ1) is 17.4. The Kier molecular flexibility index (Phi) is 7.88. The number of nitrogens with zero attached hydrogens (tertiary/aromatic N) is 3. The molecule has 0 saturated carbocycles. The molecule has 0 spiro atoms. The van der Waals surface area contributed by atoms with E-state index >= 15 is 0 Å². The Labute approximate surface area is 217 Å². The van der Waals surface area contributed by atoms with Crippen LogP contribution in [0.1, 0.15) is 73.7 Å². The van der Waals surface area contributed by atoms with Crippen LogP contribution < -0.4 is 5.32 Å². The minimum absolute atomic E-state index is 0.0347. The number of ether oxygens (including phenoxy) is 6. The van der Waals surface area contributed by atoms with Crippen LogP contribution in [-0.4, -0.2) is 87.6 Å². The second-order valence-corrected chi connectivity index (χ2v) is 11.4. The van der Waals surface area contributed by atoms with Crippen molar-refractivity contribution in [1.29, 1.82) is 0 Å². The van der Waals surface area contributed by atoms with Crippen molar-refractivity contribution < 1.29 is 44.2 Å². The average molecular weight is 528 g/mol. The number of rotatable bonds is 8. The van der Waals surface area contributed by atoms with Gasteiger partial charge in [0.25, 0.3) is 5.91 Å². The normalized spacial score (nSPS) is 26.2. The number of esters is 2. The number of hydrogen-bond acceptors (Lipinski definition) is 11. The van der Waals surface area contributed by atoms with E-state index in [0.717, 1.165) is 0 Å². The molecule has 2 fully saturated rings. The molecule has 13 heteroatoms. The van der Waals surface area contributed by atoms with E-state index in [-0.39, 0.29) is 18.4 Å². The zero-order valence-electron chi connectivity index (χ0n) is 23.8. The summed E-state index contributed by atoms with van der Waals surface area (Å²) < 4.78 is 43.3. The molecule has 13 nitrogen and oxygen atoms in total. The third-order valence-electron chi connectivity index (χ3n) is 5.18. The first-order valence-electron chi connectivity index (χ1n) is 12.6. The molecule has 2 saturated heterocycles. The Bertz CT molecular complexity index is 1050. The van der Waals surface area contributed by atoms with E-state index in [1.54, 1.807) is 55.4 Å². The fourth-order valence-electron chi connectivity index (χ4n) is 3.94. The van der Waals surface area contributed by atoms with Crippen LogP contribution in [0, 0.1) is 0 Å². The molecule has 1 unspecified atom stereocenters. The number of aromatic nitrogens is 3. The van der Waals surface area contributed by atoms with E-state index in [1.165, 1.54) is 11.8 Å². The molecule has 3 rings (SSSR count). The monoisotopic (exact) mass is 527 g/mol. The van der Waals surface area contributed by atoms with E-state index in [0.29, 0.717) is 0 Å². The molecule has 3 heterocycles. The van der Waals surface area contributed by atoms with Crippen LogP contribution in [-0.2, 0) is 44.6 Å². The summed E-state index contributed by atoms with van der Waals surface area (Å²) in [4.78, 5) is 38.2. The van der Waals surface area contributed by atoms with Gasteiger partial charge in [-0.3, -0.25) is 9.59 Å².